The zero-order valence-electron chi connectivity index (χ0n) is 11.5. The molecule has 3 nitrogen and oxygen atoms in total. The van der Waals surface area contributed by atoms with Crippen molar-refractivity contribution in [2.75, 3.05) is 17.2 Å². The highest BCUT2D eigenvalue weighted by Gasteiger charge is 2.05. The topological polar surface area (TPSA) is 41.1 Å². The molecule has 0 aliphatic heterocycles. The number of halogens is 1. The number of carbonyl (C=O) groups excluding carboxylic acids is 1. The van der Waals surface area contributed by atoms with Gasteiger partial charge in [0.15, 0.2) is 0 Å². The van der Waals surface area contributed by atoms with Crippen LogP contribution in [0.1, 0.15) is 11.1 Å². The van der Waals surface area contributed by atoms with E-state index in [4.69, 9.17) is 0 Å². The molecule has 2 N–H and O–H groups in total. The minimum absolute atomic E-state index is 0.0740. The van der Waals surface area contributed by atoms with Crippen molar-refractivity contribution in [2.24, 2.45) is 0 Å². The van der Waals surface area contributed by atoms with E-state index in [2.05, 4.69) is 40.4 Å². The second-order valence-corrected chi connectivity index (χ2v) is 5.53. The van der Waals surface area contributed by atoms with Crippen LogP contribution in [-0.2, 0) is 4.79 Å². The Hall–Kier alpha value is -1.81. The molecule has 1 amide bonds. The fourth-order valence-electron chi connectivity index (χ4n) is 1.79. The molecule has 0 unspecified atom stereocenters. The van der Waals surface area contributed by atoms with Gasteiger partial charge in [-0.1, -0.05) is 18.2 Å². The van der Waals surface area contributed by atoms with Crippen molar-refractivity contribution in [2.45, 2.75) is 13.8 Å². The zero-order chi connectivity index (χ0) is 14.5. The van der Waals surface area contributed by atoms with E-state index in [9.17, 15) is 4.79 Å². The number of nitrogens with one attached hydrogen (secondary N) is 2. The van der Waals surface area contributed by atoms with Crippen molar-refractivity contribution in [1.82, 2.24) is 0 Å². The van der Waals surface area contributed by atoms with Gasteiger partial charge in [0.2, 0.25) is 5.91 Å². The summed E-state index contributed by atoms with van der Waals surface area (Å²) in [7, 11) is 0. The molecule has 0 spiro atoms. The third-order valence-electron chi connectivity index (χ3n) is 3.11. The fourth-order valence-corrected chi connectivity index (χ4v) is 2.17. The van der Waals surface area contributed by atoms with Crippen molar-refractivity contribution in [3.05, 3.63) is 58.1 Å². The van der Waals surface area contributed by atoms with Gasteiger partial charge in [0.1, 0.15) is 0 Å². The zero-order valence-corrected chi connectivity index (χ0v) is 13.1. The molecule has 4 heteroatoms. The van der Waals surface area contributed by atoms with E-state index in [1.165, 1.54) is 11.1 Å². The number of hydrogen-bond acceptors (Lipinski definition) is 2. The highest BCUT2D eigenvalue weighted by molar-refractivity contribution is 9.10. The average molecular weight is 333 g/mol. The second-order valence-electron chi connectivity index (χ2n) is 4.68. The minimum Gasteiger partial charge on any atom is -0.376 e. The Morgan fingerprint density at radius 2 is 1.85 bits per heavy atom. The molecule has 0 heterocycles. The molecule has 20 heavy (non-hydrogen) atoms. The molecule has 0 bridgehead atoms. The summed E-state index contributed by atoms with van der Waals surface area (Å²) in [6.45, 7) is 4.37. The van der Waals surface area contributed by atoms with Crippen LogP contribution in [0.15, 0.2) is 46.9 Å². The molecule has 0 atom stereocenters. The van der Waals surface area contributed by atoms with Gasteiger partial charge in [-0.15, -0.1) is 0 Å². The predicted octanol–water partition coefficient (Wildman–Crippen LogP) is 4.12. The van der Waals surface area contributed by atoms with Gasteiger partial charge in [-0.2, -0.15) is 0 Å². The average Bonchev–Trinajstić information content (AvgIpc) is 2.43. The number of hydrogen-bond donors (Lipinski definition) is 2. The lowest BCUT2D eigenvalue weighted by atomic mass is 10.1. The Balaban J connectivity index is 1.92. The summed E-state index contributed by atoms with van der Waals surface area (Å²) in [6.07, 6.45) is 0. The highest BCUT2D eigenvalue weighted by Crippen LogP contribution is 2.21. The van der Waals surface area contributed by atoms with Gasteiger partial charge in [0.05, 0.1) is 12.2 Å². The van der Waals surface area contributed by atoms with Gasteiger partial charge >= 0.3 is 0 Å². The van der Waals surface area contributed by atoms with Crippen molar-refractivity contribution in [3.8, 4) is 0 Å². The van der Waals surface area contributed by atoms with Gasteiger partial charge in [-0.25, -0.2) is 0 Å². The Kier molecular flexibility index (Phi) is 4.79. The first kappa shape index (κ1) is 14.6. The van der Waals surface area contributed by atoms with Crippen LogP contribution >= 0.6 is 15.9 Å². The summed E-state index contributed by atoms with van der Waals surface area (Å²) in [5, 5.41) is 5.98. The molecule has 2 aromatic rings. The molecular weight excluding hydrogens is 316 g/mol. The molecule has 2 rings (SSSR count). The van der Waals surface area contributed by atoms with Gasteiger partial charge < -0.3 is 10.6 Å². The standard InChI is InChI=1S/C16H17BrN2O/c1-11-7-8-13(9-12(11)2)18-10-16(20)19-15-6-4-3-5-14(15)17/h3-9,18H,10H2,1-2H3,(H,19,20). The number of amides is 1. The monoisotopic (exact) mass is 332 g/mol. The normalized spacial score (nSPS) is 10.2. The Bertz CT molecular complexity index is 626. The molecule has 0 saturated carbocycles. The summed E-state index contributed by atoms with van der Waals surface area (Å²) >= 11 is 3.40. The summed E-state index contributed by atoms with van der Waals surface area (Å²) in [4.78, 5) is 11.9. The Labute approximate surface area is 127 Å². The SMILES string of the molecule is Cc1ccc(NCC(=O)Nc2ccccc2Br)cc1C. The van der Waals surface area contributed by atoms with E-state index in [1.54, 1.807) is 0 Å². The van der Waals surface area contributed by atoms with Gasteiger partial charge in [0, 0.05) is 10.2 Å². The first-order chi connectivity index (χ1) is 9.56. The van der Waals surface area contributed by atoms with Crippen LogP contribution in [0, 0.1) is 13.8 Å². The predicted molar refractivity (Wildman–Crippen MR) is 87.2 cm³/mol. The van der Waals surface area contributed by atoms with Crippen LogP contribution in [0.3, 0.4) is 0 Å². The van der Waals surface area contributed by atoms with E-state index < -0.39 is 0 Å². The van der Waals surface area contributed by atoms with Crippen LogP contribution in [0.25, 0.3) is 0 Å². The summed E-state index contributed by atoms with van der Waals surface area (Å²) in [5.41, 5.74) is 4.18. The highest BCUT2D eigenvalue weighted by atomic mass is 79.9. The Morgan fingerprint density at radius 1 is 1.10 bits per heavy atom. The summed E-state index contributed by atoms with van der Waals surface area (Å²) in [5.74, 6) is -0.0740. The number of rotatable bonds is 4. The third kappa shape index (κ3) is 3.84. The molecule has 0 aliphatic rings. The first-order valence-electron chi connectivity index (χ1n) is 6.42. The maximum Gasteiger partial charge on any atom is 0.243 e. The van der Waals surface area contributed by atoms with E-state index in [-0.39, 0.29) is 12.5 Å². The maximum atomic E-state index is 11.9. The van der Waals surface area contributed by atoms with Crippen molar-refractivity contribution in [3.63, 3.8) is 0 Å². The lowest BCUT2D eigenvalue weighted by Gasteiger charge is -2.10. The van der Waals surface area contributed by atoms with Gasteiger partial charge in [-0.3, -0.25) is 4.79 Å². The van der Waals surface area contributed by atoms with Crippen LogP contribution in [0.5, 0.6) is 0 Å². The smallest absolute Gasteiger partial charge is 0.243 e. The second kappa shape index (κ2) is 6.57. The van der Waals surface area contributed by atoms with E-state index in [0.29, 0.717) is 0 Å². The third-order valence-corrected chi connectivity index (χ3v) is 3.80. The van der Waals surface area contributed by atoms with E-state index in [1.807, 2.05) is 42.5 Å². The van der Waals surface area contributed by atoms with Crippen molar-refractivity contribution >= 4 is 33.2 Å². The maximum absolute atomic E-state index is 11.9. The molecule has 0 radical (unpaired) electrons. The summed E-state index contributed by atoms with van der Waals surface area (Å²) < 4.78 is 0.875. The molecule has 0 fully saturated rings. The molecular formula is C16H17BrN2O. The molecule has 0 aromatic heterocycles. The lowest BCUT2D eigenvalue weighted by molar-refractivity contribution is -0.114. The first-order valence-corrected chi connectivity index (χ1v) is 7.21. The number of anilines is 2. The molecule has 2 aromatic carbocycles. The summed E-state index contributed by atoms with van der Waals surface area (Å²) in [6, 6.07) is 13.6. The largest absolute Gasteiger partial charge is 0.376 e. The van der Waals surface area contributed by atoms with Crippen LogP contribution < -0.4 is 10.6 Å². The minimum atomic E-state index is -0.0740. The van der Waals surface area contributed by atoms with Crippen molar-refractivity contribution < 1.29 is 4.79 Å². The van der Waals surface area contributed by atoms with E-state index >= 15 is 0 Å². The van der Waals surface area contributed by atoms with Crippen LogP contribution in [0.2, 0.25) is 0 Å². The van der Waals surface area contributed by atoms with Crippen LogP contribution in [-0.4, -0.2) is 12.5 Å². The van der Waals surface area contributed by atoms with E-state index in [0.717, 1.165) is 15.8 Å². The number of para-hydroxylation sites is 1. The van der Waals surface area contributed by atoms with Gasteiger partial charge in [0.25, 0.3) is 0 Å². The Morgan fingerprint density at radius 3 is 2.55 bits per heavy atom. The number of aryl methyl sites for hydroxylation is 2. The molecule has 0 saturated heterocycles. The molecule has 104 valence electrons. The lowest BCUT2D eigenvalue weighted by Crippen LogP contribution is -2.21. The number of benzene rings is 2. The fraction of sp³-hybridized carbons (Fsp3) is 0.188. The number of carbonyl (C=O) groups is 1. The molecule has 0 aliphatic carbocycles. The van der Waals surface area contributed by atoms with Gasteiger partial charge in [-0.05, 0) is 65.2 Å². The quantitative estimate of drug-likeness (QED) is 0.884. The van der Waals surface area contributed by atoms with Crippen molar-refractivity contribution in [1.29, 1.82) is 0 Å². The van der Waals surface area contributed by atoms with Crippen LogP contribution in [0.4, 0.5) is 11.4 Å².